The molecule has 1 heterocycles. The molecule has 0 amide bonds. The van der Waals surface area contributed by atoms with Gasteiger partial charge in [0.15, 0.2) is 0 Å². The second-order valence-corrected chi connectivity index (χ2v) is 6.23. The van der Waals surface area contributed by atoms with Gasteiger partial charge in [-0.1, -0.05) is 26.2 Å². The Hall–Kier alpha value is -0.0800. The second kappa shape index (κ2) is 4.66. The fraction of sp³-hybridized carbons (Fsp3) is 1.00. The van der Waals surface area contributed by atoms with Crippen LogP contribution in [0.1, 0.15) is 45.4 Å². The maximum absolute atomic E-state index is 5.51. The molecule has 92 valence electrons. The molecule has 2 nitrogen and oxygen atoms in total. The minimum Gasteiger partial charge on any atom is -0.381 e. The van der Waals surface area contributed by atoms with Gasteiger partial charge in [0, 0.05) is 18.7 Å². The maximum Gasteiger partial charge on any atom is 0.0506 e. The van der Waals surface area contributed by atoms with Crippen molar-refractivity contribution in [3.8, 4) is 0 Å². The van der Waals surface area contributed by atoms with E-state index < -0.39 is 0 Å². The van der Waals surface area contributed by atoms with Crippen LogP contribution >= 0.6 is 0 Å². The van der Waals surface area contributed by atoms with Gasteiger partial charge < -0.3 is 10.1 Å². The summed E-state index contributed by atoms with van der Waals surface area (Å²) in [6, 6.07) is 1.54. The first-order valence-corrected chi connectivity index (χ1v) is 7.16. The number of nitrogens with one attached hydrogen (secondary N) is 1. The lowest BCUT2D eigenvalue weighted by atomic mass is 9.96. The van der Waals surface area contributed by atoms with Gasteiger partial charge >= 0.3 is 0 Å². The fourth-order valence-electron chi connectivity index (χ4n) is 4.13. The van der Waals surface area contributed by atoms with Crippen LogP contribution < -0.4 is 5.32 Å². The van der Waals surface area contributed by atoms with E-state index in [4.69, 9.17) is 4.74 Å². The Morgan fingerprint density at radius 2 is 1.81 bits per heavy atom. The van der Waals surface area contributed by atoms with Crippen molar-refractivity contribution in [2.75, 3.05) is 13.2 Å². The smallest absolute Gasteiger partial charge is 0.0506 e. The summed E-state index contributed by atoms with van der Waals surface area (Å²) in [4.78, 5) is 0. The van der Waals surface area contributed by atoms with Gasteiger partial charge in [0.1, 0.15) is 0 Å². The van der Waals surface area contributed by atoms with Gasteiger partial charge in [0.2, 0.25) is 0 Å². The molecular formula is C14H25NO. The van der Waals surface area contributed by atoms with Crippen LogP contribution in [-0.4, -0.2) is 25.3 Å². The Morgan fingerprint density at radius 1 is 1.06 bits per heavy atom. The van der Waals surface area contributed by atoms with Crippen LogP contribution in [0.4, 0.5) is 0 Å². The van der Waals surface area contributed by atoms with Gasteiger partial charge in [-0.05, 0) is 37.0 Å². The van der Waals surface area contributed by atoms with Crippen molar-refractivity contribution >= 4 is 0 Å². The molecule has 0 aromatic rings. The van der Waals surface area contributed by atoms with Crippen LogP contribution in [0.5, 0.6) is 0 Å². The Bertz CT molecular complexity index is 231. The van der Waals surface area contributed by atoms with E-state index in [9.17, 15) is 0 Å². The van der Waals surface area contributed by atoms with E-state index in [1.54, 1.807) is 0 Å². The summed E-state index contributed by atoms with van der Waals surface area (Å²) >= 11 is 0. The van der Waals surface area contributed by atoms with Crippen molar-refractivity contribution in [1.29, 1.82) is 0 Å². The largest absolute Gasteiger partial charge is 0.381 e. The number of fused-ring (bicyclic) bond motifs is 1. The Kier molecular flexibility index (Phi) is 3.21. The third-order valence-corrected chi connectivity index (χ3v) is 5.08. The zero-order chi connectivity index (χ0) is 11.0. The molecular weight excluding hydrogens is 198 g/mol. The van der Waals surface area contributed by atoms with Crippen molar-refractivity contribution < 1.29 is 4.74 Å². The van der Waals surface area contributed by atoms with E-state index in [0.29, 0.717) is 5.92 Å². The first-order chi connectivity index (χ1) is 7.83. The molecule has 3 rings (SSSR count). The highest BCUT2D eigenvalue weighted by Crippen LogP contribution is 2.44. The van der Waals surface area contributed by atoms with Gasteiger partial charge in [-0.15, -0.1) is 0 Å². The predicted molar refractivity (Wildman–Crippen MR) is 65.4 cm³/mol. The van der Waals surface area contributed by atoms with Gasteiger partial charge in [0.05, 0.1) is 6.61 Å². The van der Waals surface area contributed by atoms with E-state index >= 15 is 0 Å². The summed E-state index contributed by atoms with van der Waals surface area (Å²) in [6.07, 6.45) is 8.63. The summed E-state index contributed by atoms with van der Waals surface area (Å²) in [7, 11) is 0. The maximum atomic E-state index is 5.51. The van der Waals surface area contributed by atoms with Crippen molar-refractivity contribution in [1.82, 2.24) is 5.32 Å². The van der Waals surface area contributed by atoms with Gasteiger partial charge in [-0.3, -0.25) is 0 Å². The van der Waals surface area contributed by atoms with E-state index in [0.717, 1.165) is 37.1 Å². The van der Waals surface area contributed by atoms with Crippen LogP contribution in [-0.2, 0) is 4.74 Å². The van der Waals surface area contributed by atoms with Gasteiger partial charge in [-0.25, -0.2) is 0 Å². The van der Waals surface area contributed by atoms with Crippen molar-refractivity contribution in [2.24, 2.45) is 17.8 Å². The Balaban J connectivity index is 1.51. The standard InChI is InChI=1S/C14H25NO/c1-10-9-16-6-5-14(10)15-13-7-11-3-2-4-12(11)8-13/h10-15H,2-9H2,1H3/t10-,11+,12?,13?,14+/m0/s1. The first kappa shape index (κ1) is 11.0. The molecule has 1 saturated heterocycles. The van der Waals surface area contributed by atoms with Crippen molar-refractivity contribution in [3.05, 3.63) is 0 Å². The van der Waals surface area contributed by atoms with E-state index in [2.05, 4.69) is 12.2 Å². The highest BCUT2D eigenvalue weighted by Gasteiger charge is 2.38. The molecule has 0 aromatic heterocycles. The molecule has 16 heavy (non-hydrogen) atoms. The van der Waals surface area contributed by atoms with Gasteiger partial charge in [-0.2, -0.15) is 0 Å². The number of rotatable bonds is 2. The van der Waals surface area contributed by atoms with Gasteiger partial charge in [0.25, 0.3) is 0 Å². The minimum absolute atomic E-state index is 0.703. The number of hydrogen-bond acceptors (Lipinski definition) is 2. The lowest BCUT2D eigenvalue weighted by molar-refractivity contribution is 0.0357. The van der Waals surface area contributed by atoms with Crippen LogP contribution in [0.3, 0.4) is 0 Å². The van der Waals surface area contributed by atoms with Crippen LogP contribution in [0.25, 0.3) is 0 Å². The zero-order valence-corrected chi connectivity index (χ0v) is 10.5. The summed E-state index contributed by atoms with van der Waals surface area (Å²) in [5.41, 5.74) is 0. The van der Waals surface area contributed by atoms with Crippen LogP contribution in [0, 0.1) is 17.8 Å². The molecule has 2 heteroatoms. The zero-order valence-electron chi connectivity index (χ0n) is 10.5. The molecule has 3 aliphatic rings. The van der Waals surface area contributed by atoms with E-state index in [1.165, 1.54) is 38.5 Å². The topological polar surface area (TPSA) is 21.3 Å². The number of hydrogen-bond donors (Lipinski definition) is 1. The minimum atomic E-state index is 0.703. The molecule has 1 N–H and O–H groups in total. The van der Waals surface area contributed by atoms with Crippen LogP contribution in [0.2, 0.25) is 0 Å². The SMILES string of the molecule is C[C@H]1COCC[C@H]1NC1CC2CCC[C@@H]2C1. The highest BCUT2D eigenvalue weighted by molar-refractivity contribution is 4.93. The second-order valence-electron chi connectivity index (χ2n) is 6.23. The normalized spacial score (nSPS) is 48.2. The molecule has 2 unspecified atom stereocenters. The molecule has 0 spiro atoms. The summed E-state index contributed by atoms with van der Waals surface area (Å²) in [6.45, 7) is 4.24. The molecule has 2 saturated carbocycles. The fourth-order valence-corrected chi connectivity index (χ4v) is 4.13. The van der Waals surface area contributed by atoms with Crippen LogP contribution in [0.15, 0.2) is 0 Å². The Labute approximate surface area is 99.1 Å². The monoisotopic (exact) mass is 223 g/mol. The lowest BCUT2D eigenvalue weighted by Gasteiger charge is -2.32. The third-order valence-electron chi connectivity index (χ3n) is 5.08. The summed E-state index contributed by atoms with van der Waals surface area (Å²) in [5.74, 6) is 2.83. The average Bonchev–Trinajstić information content (AvgIpc) is 2.81. The molecule has 2 aliphatic carbocycles. The summed E-state index contributed by atoms with van der Waals surface area (Å²) in [5, 5.41) is 3.92. The van der Waals surface area contributed by atoms with E-state index in [-0.39, 0.29) is 0 Å². The molecule has 5 atom stereocenters. The lowest BCUT2D eigenvalue weighted by Crippen LogP contribution is -2.45. The summed E-state index contributed by atoms with van der Waals surface area (Å²) < 4.78 is 5.51. The predicted octanol–water partition coefficient (Wildman–Crippen LogP) is 2.58. The number of ether oxygens (including phenoxy) is 1. The molecule has 0 radical (unpaired) electrons. The quantitative estimate of drug-likeness (QED) is 0.777. The molecule has 3 fully saturated rings. The highest BCUT2D eigenvalue weighted by atomic mass is 16.5. The van der Waals surface area contributed by atoms with E-state index in [1.807, 2.05) is 0 Å². The average molecular weight is 223 g/mol. The molecule has 0 bridgehead atoms. The first-order valence-electron chi connectivity index (χ1n) is 7.16. The third kappa shape index (κ3) is 2.14. The molecule has 0 aromatic carbocycles. The Morgan fingerprint density at radius 3 is 2.50 bits per heavy atom. The van der Waals surface area contributed by atoms with Crippen molar-refractivity contribution in [2.45, 2.75) is 57.5 Å². The van der Waals surface area contributed by atoms with Crippen molar-refractivity contribution in [3.63, 3.8) is 0 Å². The molecule has 1 aliphatic heterocycles.